The van der Waals surface area contributed by atoms with Crippen molar-refractivity contribution in [1.82, 2.24) is 9.55 Å². The summed E-state index contributed by atoms with van der Waals surface area (Å²) in [6.45, 7) is 5.28. The van der Waals surface area contributed by atoms with Crippen LogP contribution in [0.4, 0.5) is 0 Å². The van der Waals surface area contributed by atoms with E-state index < -0.39 is 17.3 Å². The van der Waals surface area contributed by atoms with Gasteiger partial charge in [0.05, 0.1) is 6.04 Å². The third kappa shape index (κ3) is 2.22. The largest absolute Gasteiger partial charge is 0.494 e. The van der Waals surface area contributed by atoms with Gasteiger partial charge in [0.25, 0.3) is 5.56 Å². The minimum absolute atomic E-state index is 0.0777. The summed E-state index contributed by atoms with van der Waals surface area (Å²) in [6.07, 6.45) is 1.51. The number of nitrogens with zero attached hydrogens (tertiary/aromatic N) is 1. The molecule has 0 saturated heterocycles. The van der Waals surface area contributed by atoms with Crippen molar-refractivity contribution in [2.75, 3.05) is 0 Å². The number of hydrogen-bond acceptors (Lipinski definition) is 3. The quantitative estimate of drug-likeness (QED) is 0.822. The molecule has 1 heterocycles. The molecule has 0 aliphatic heterocycles. The molecule has 0 spiro atoms. The van der Waals surface area contributed by atoms with Crippen LogP contribution in [0.3, 0.4) is 0 Å². The summed E-state index contributed by atoms with van der Waals surface area (Å²) < 4.78 is 1.09. The highest BCUT2D eigenvalue weighted by Crippen LogP contribution is 2.25. The van der Waals surface area contributed by atoms with Gasteiger partial charge in [0, 0.05) is 0 Å². The normalized spacial score (nSPS) is 12.1. The van der Waals surface area contributed by atoms with Crippen molar-refractivity contribution in [3.8, 4) is 17.0 Å². The molecule has 19 heavy (non-hydrogen) atoms. The first-order chi connectivity index (χ1) is 9.06. The molecule has 1 aromatic heterocycles. The number of H-pyrrole nitrogens is 1. The van der Waals surface area contributed by atoms with Crippen LogP contribution in [0, 0.1) is 0 Å². The Bertz CT molecular complexity index is 714. The summed E-state index contributed by atoms with van der Waals surface area (Å²) in [4.78, 5) is 25.8. The van der Waals surface area contributed by atoms with Crippen molar-refractivity contribution in [3.63, 3.8) is 0 Å². The van der Waals surface area contributed by atoms with Gasteiger partial charge in [0.15, 0.2) is 0 Å². The number of rotatable bonds is 3. The van der Waals surface area contributed by atoms with Gasteiger partial charge in [-0.1, -0.05) is 36.4 Å². The van der Waals surface area contributed by atoms with Crippen molar-refractivity contribution < 1.29 is 5.11 Å². The third-order valence-corrected chi connectivity index (χ3v) is 2.93. The van der Waals surface area contributed by atoms with Gasteiger partial charge in [0.2, 0.25) is 5.88 Å². The van der Waals surface area contributed by atoms with Gasteiger partial charge in [-0.05, 0) is 12.5 Å². The first kappa shape index (κ1) is 12.9. The van der Waals surface area contributed by atoms with Crippen LogP contribution in [0.25, 0.3) is 11.1 Å². The third-order valence-electron chi connectivity index (χ3n) is 2.93. The molecule has 2 N–H and O–H groups in total. The molecular formula is C14H14N2O3. The average molecular weight is 258 g/mol. The van der Waals surface area contributed by atoms with E-state index >= 15 is 0 Å². The maximum absolute atomic E-state index is 11.9. The second kappa shape index (κ2) is 4.97. The molecule has 0 aliphatic carbocycles. The molecule has 5 heteroatoms. The lowest BCUT2D eigenvalue weighted by molar-refractivity contribution is 0.395. The molecule has 1 unspecified atom stereocenters. The van der Waals surface area contributed by atoms with E-state index in [0.29, 0.717) is 5.56 Å². The number of hydrogen-bond donors (Lipinski definition) is 2. The maximum Gasteiger partial charge on any atom is 0.331 e. The maximum atomic E-state index is 11.9. The number of benzene rings is 1. The lowest BCUT2D eigenvalue weighted by Crippen LogP contribution is -2.32. The Kier molecular flexibility index (Phi) is 3.37. The van der Waals surface area contributed by atoms with Crippen LogP contribution in [-0.4, -0.2) is 14.7 Å². The van der Waals surface area contributed by atoms with Gasteiger partial charge < -0.3 is 5.11 Å². The van der Waals surface area contributed by atoms with E-state index in [1.54, 1.807) is 37.3 Å². The minimum Gasteiger partial charge on any atom is -0.494 e. The molecule has 0 amide bonds. The zero-order valence-electron chi connectivity index (χ0n) is 10.5. The zero-order chi connectivity index (χ0) is 14.0. The predicted octanol–water partition coefficient (Wildman–Crippen LogP) is 1.66. The predicted molar refractivity (Wildman–Crippen MR) is 73.3 cm³/mol. The second-order valence-corrected chi connectivity index (χ2v) is 4.17. The van der Waals surface area contributed by atoms with E-state index in [1.807, 2.05) is 0 Å². The van der Waals surface area contributed by atoms with E-state index in [2.05, 4.69) is 11.6 Å². The number of nitrogens with one attached hydrogen (secondary N) is 1. The summed E-state index contributed by atoms with van der Waals surface area (Å²) >= 11 is 0. The molecule has 0 radical (unpaired) electrons. The highest BCUT2D eigenvalue weighted by atomic mass is 16.3. The standard InChI is InChI=1S/C14H14N2O3/c1-3-9(2)16-13(18)11(12(17)15-14(16)19)10-7-5-4-6-8-10/h3-9,18H,1H2,2H3,(H,15,17,19). The number of aromatic hydroxyl groups is 1. The van der Waals surface area contributed by atoms with Gasteiger partial charge in [-0.25, -0.2) is 4.79 Å². The van der Waals surface area contributed by atoms with Crippen LogP contribution in [0.2, 0.25) is 0 Å². The van der Waals surface area contributed by atoms with Crippen molar-refractivity contribution in [3.05, 3.63) is 63.8 Å². The summed E-state index contributed by atoms with van der Waals surface area (Å²) in [7, 11) is 0. The van der Waals surface area contributed by atoms with Crippen LogP contribution in [0.15, 0.2) is 52.6 Å². The smallest absolute Gasteiger partial charge is 0.331 e. The van der Waals surface area contributed by atoms with Crippen LogP contribution in [0.5, 0.6) is 5.88 Å². The van der Waals surface area contributed by atoms with E-state index in [0.717, 1.165) is 4.57 Å². The highest BCUT2D eigenvalue weighted by molar-refractivity contribution is 5.67. The van der Waals surface area contributed by atoms with Crippen molar-refractivity contribution in [2.24, 2.45) is 0 Å². The first-order valence-corrected chi connectivity index (χ1v) is 5.82. The second-order valence-electron chi connectivity index (χ2n) is 4.17. The van der Waals surface area contributed by atoms with Gasteiger partial charge in [-0.2, -0.15) is 0 Å². The van der Waals surface area contributed by atoms with Crippen molar-refractivity contribution in [2.45, 2.75) is 13.0 Å². The fourth-order valence-electron chi connectivity index (χ4n) is 1.89. The fraction of sp³-hybridized carbons (Fsp3) is 0.143. The van der Waals surface area contributed by atoms with Crippen LogP contribution >= 0.6 is 0 Å². The average Bonchev–Trinajstić information content (AvgIpc) is 2.39. The molecule has 5 nitrogen and oxygen atoms in total. The molecule has 98 valence electrons. The molecule has 2 aromatic rings. The lowest BCUT2D eigenvalue weighted by Gasteiger charge is -2.14. The summed E-state index contributed by atoms with van der Waals surface area (Å²) in [6, 6.07) is 8.26. The molecule has 2 rings (SSSR count). The van der Waals surface area contributed by atoms with E-state index in [-0.39, 0.29) is 11.4 Å². The molecule has 0 bridgehead atoms. The topological polar surface area (TPSA) is 75.1 Å². The summed E-state index contributed by atoms with van der Waals surface area (Å²) in [5.41, 5.74) is -0.643. The monoisotopic (exact) mass is 258 g/mol. The van der Waals surface area contributed by atoms with Gasteiger partial charge in [0.1, 0.15) is 5.56 Å². The minimum atomic E-state index is -0.658. The highest BCUT2D eigenvalue weighted by Gasteiger charge is 2.17. The van der Waals surface area contributed by atoms with Crippen LogP contribution < -0.4 is 11.2 Å². The Balaban J connectivity index is 2.80. The fourth-order valence-corrected chi connectivity index (χ4v) is 1.89. The summed E-state index contributed by atoms with van der Waals surface area (Å²) in [5.74, 6) is -0.354. The van der Waals surface area contributed by atoms with Gasteiger partial charge in [-0.3, -0.25) is 14.3 Å². The molecule has 1 atom stereocenters. The Morgan fingerprint density at radius 1 is 1.32 bits per heavy atom. The van der Waals surface area contributed by atoms with Crippen LogP contribution in [-0.2, 0) is 0 Å². The molecule has 0 saturated carbocycles. The first-order valence-electron chi connectivity index (χ1n) is 5.82. The van der Waals surface area contributed by atoms with Crippen LogP contribution in [0.1, 0.15) is 13.0 Å². The molecular weight excluding hydrogens is 244 g/mol. The molecule has 0 fully saturated rings. The van der Waals surface area contributed by atoms with E-state index in [9.17, 15) is 14.7 Å². The van der Waals surface area contributed by atoms with Crippen molar-refractivity contribution in [1.29, 1.82) is 0 Å². The SMILES string of the molecule is C=CC(C)n1c(O)c(-c2ccccc2)c(=O)[nH]c1=O. The zero-order valence-corrected chi connectivity index (χ0v) is 10.5. The Labute approximate surface area is 109 Å². The number of allylic oxidation sites excluding steroid dienone is 1. The number of aromatic nitrogens is 2. The van der Waals surface area contributed by atoms with E-state index in [4.69, 9.17) is 0 Å². The molecule has 1 aromatic carbocycles. The van der Waals surface area contributed by atoms with Gasteiger partial charge >= 0.3 is 5.69 Å². The van der Waals surface area contributed by atoms with E-state index in [1.165, 1.54) is 6.08 Å². The number of aromatic amines is 1. The molecule has 0 aliphatic rings. The summed E-state index contributed by atoms with van der Waals surface area (Å²) in [5, 5.41) is 10.2. The Hall–Kier alpha value is -2.56. The van der Waals surface area contributed by atoms with Gasteiger partial charge in [-0.15, -0.1) is 6.58 Å². The lowest BCUT2D eigenvalue weighted by atomic mass is 10.1. The van der Waals surface area contributed by atoms with Crippen molar-refractivity contribution >= 4 is 0 Å². The Morgan fingerprint density at radius 3 is 2.53 bits per heavy atom. The Morgan fingerprint density at radius 2 is 1.95 bits per heavy atom.